The Labute approximate surface area is 100 Å². The van der Waals surface area contributed by atoms with Crippen molar-refractivity contribution in [1.82, 2.24) is 4.98 Å². The van der Waals surface area contributed by atoms with Crippen molar-refractivity contribution < 1.29 is 14.3 Å². The number of anilines is 1. The highest BCUT2D eigenvalue weighted by Crippen LogP contribution is 2.33. The monoisotopic (exact) mass is 252 g/mol. The molecule has 88 valence electrons. The van der Waals surface area contributed by atoms with Crippen molar-refractivity contribution in [2.45, 2.75) is 0 Å². The predicted octanol–water partition coefficient (Wildman–Crippen LogP) is 1.96. The van der Waals surface area contributed by atoms with Gasteiger partial charge in [-0.3, -0.25) is 4.79 Å². The maximum atomic E-state index is 13.0. The lowest BCUT2D eigenvalue weighted by molar-refractivity contribution is -0.142. The van der Waals surface area contributed by atoms with E-state index in [9.17, 15) is 9.18 Å². The summed E-state index contributed by atoms with van der Waals surface area (Å²) in [6.07, 6.45) is 0. The molecule has 1 saturated heterocycles. The van der Waals surface area contributed by atoms with Gasteiger partial charge >= 0.3 is 5.97 Å². The van der Waals surface area contributed by atoms with Crippen LogP contribution in [0.25, 0.3) is 10.2 Å². The van der Waals surface area contributed by atoms with Gasteiger partial charge in [-0.1, -0.05) is 11.3 Å². The Bertz CT molecular complexity index is 592. The minimum Gasteiger partial charge on any atom is -0.481 e. The van der Waals surface area contributed by atoms with Crippen LogP contribution in [0.5, 0.6) is 0 Å². The van der Waals surface area contributed by atoms with Gasteiger partial charge in [0, 0.05) is 13.1 Å². The zero-order valence-corrected chi connectivity index (χ0v) is 9.58. The van der Waals surface area contributed by atoms with Crippen molar-refractivity contribution in [3.63, 3.8) is 0 Å². The van der Waals surface area contributed by atoms with E-state index < -0.39 is 5.97 Å². The maximum Gasteiger partial charge on any atom is 0.310 e. The van der Waals surface area contributed by atoms with Gasteiger partial charge in [-0.25, -0.2) is 9.37 Å². The van der Waals surface area contributed by atoms with E-state index in [2.05, 4.69) is 4.98 Å². The fraction of sp³-hybridized carbons (Fsp3) is 0.273. The smallest absolute Gasteiger partial charge is 0.310 e. The van der Waals surface area contributed by atoms with E-state index in [-0.39, 0.29) is 11.7 Å². The molecular formula is C11H9FN2O2S. The summed E-state index contributed by atoms with van der Waals surface area (Å²) in [5.74, 6) is -1.35. The Morgan fingerprint density at radius 2 is 2.29 bits per heavy atom. The third kappa shape index (κ3) is 1.74. The van der Waals surface area contributed by atoms with E-state index in [1.54, 1.807) is 6.07 Å². The first kappa shape index (κ1) is 10.5. The standard InChI is InChI=1S/C11H9FN2O2S/c12-7-1-2-8-9(3-7)17-11(13-8)14-4-6(5-14)10(15)16/h1-3,6H,4-5H2,(H,15,16). The molecule has 1 aromatic carbocycles. The van der Waals surface area contributed by atoms with Gasteiger partial charge < -0.3 is 10.0 Å². The number of benzene rings is 1. The molecule has 1 aliphatic rings. The highest BCUT2D eigenvalue weighted by molar-refractivity contribution is 7.22. The fourth-order valence-corrected chi connectivity index (χ4v) is 2.82. The molecule has 6 heteroatoms. The Morgan fingerprint density at radius 3 is 3.00 bits per heavy atom. The molecular weight excluding hydrogens is 243 g/mol. The van der Waals surface area contributed by atoms with Gasteiger partial charge in [0.2, 0.25) is 0 Å². The molecule has 2 aromatic rings. The largest absolute Gasteiger partial charge is 0.481 e. The molecule has 0 amide bonds. The Hall–Kier alpha value is -1.69. The van der Waals surface area contributed by atoms with E-state index in [4.69, 9.17) is 5.11 Å². The number of hydrogen-bond acceptors (Lipinski definition) is 4. The van der Waals surface area contributed by atoms with Gasteiger partial charge in [0.15, 0.2) is 5.13 Å². The molecule has 0 atom stereocenters. The van der Waals surface area contributed by atoms with Gasteiger partial charge in [-0.2, -0.15) is 0 Å². The van der Waals surface area contributed by atoms with E-state index >= 15 is 0 Å². The average molecular weight is 252 g/mol. The molecule has 1 fully saturated rings. The van der Waals surface area contributed by atoms with E-state index in [0.29, 0.717) is 13.1 Å². The molecule has 17 heavy (non-hydrogen) atoms. The van der Waals surface area contributed by atoms with Crippen LogP contribution >= 0.6 is 11.3 Å². The van der Waals surface area contributed by atoms with Crippen molar-refractivity contribution in [2.24, 2.45) is 5.92 Å². The number of aliphatic carboxylic acids is 1. The minimum absolute atomic E-state index is 0.278. The summed E-state index contributed by atoms with van der Waals surface area (Å²) in [6.45, 7) is 0.968. The average Bonchev–Trinajstić information content (AvgIpc) is 2.56. The van der Waals surface area contributed by atoms with Gasteiger partial charge in [0.05, 0.1) is 16.1 Å². The molecule has 1 aliphatic heterocycles. The highest BCUT2D eigenvalue weighted by Gasteiger charge is 2.34. The van der Waals surface area contributed by atoms with Crippen LogP contribution in [0.4, 0.5) is 9.52 Å². The summed E-state index contributed by atoms with van der Waals surface area (Å²) in [4.78, 5) is 16.9. The molecule has 1 N–H and O–H groups in total. The Kier molecular flexibility index (Phi) is 2.25. The normalized spacial score (nSPS) is 16.2. The quantitative estimate of drug-likeness (QED) is 0.887. The summed E-state index contributed by atoms with van der Waals surface area (Å²) < 4.78 is 13.8. The lowest BCUT2D eigenvalue weighted by atomic mass is 10.0. The van der Waals surface area contributed by atoms with Gasteiger partial charge in [0.1, 0.15) is 5.82 Å². The fourth-order valence-electron chi connectivity index (χ4n) is 1.81. The summed E-state index contributed by atoms with van der Waals surface area (Å²) in [5.41, 5.74) is 0.755. The summed E-state index contributed by atoms with van der Waals surface area (Å²) >= 11 is 1.39. The molecule has 4 nitrogen and oxygen atoms in total. The number of rotatable bonds is 2. The lowest BCUT2D eigenvalue weighted by Gasteiger charge is -2.36. The molecule has 0 spiro atoms. The summed E-state index contributed by atoms with van der Waals surface area (Å²) in [6, 6.07) is 4.46. The number of nitrogens with zero attached hydrogens (tertiary/aromatic N) is 2. The number of aromatic nitrogens is 1. The second kappa shape index (κ2) is 3.66. The molecule has 0 saturated carbocycles. The van der Waals surface area contributed by atoms with Crippen LogP contribution in [-0.2, 0) is 4.79 Å². The Balaban J connectivity index is 1.85. The lowest BCUT2D eigenvalue weighted by Crippen LogP contribution is -2.50. The zero-order chi connectivity index (χ0) is 12.0. The van der Waals surface area contributed by atoms with Crippen LogP contribution in [-0.4, -0.2) is 29.1 Å². The Morgan fingerprint density at radius 1 is 1.53 bits per heavy atom. The number of carboxylic acid groups (broad SMARTS) is 1. The van der Waals surface area contributed by atoms with Crippen LogP contribution in [0.2, 0.25) is 0 Å². The number of hydrogen-bond donors (Lipinski definition) is 1. The maximum absolute atomic E-state index is 13.0. The molecule has 3 rings (SSSR count). The third-order valence-electron chi connectivity index (χ3n) is 2.84. The number of fused-ring (bicyclic) bond motifs is 1. The van der Waals surface area contributed by atoms with Gasteiger partial charge in [-0.05, 0) is 18.2 Å². The van der Waals surface area contributed by atoms with Crippen LogP contribution in [0.3, 0.4) is 0 Å². The number of halogens is 1. The van der Waals surface area contributed by atoms with Crippen molar-refractivity contribution in [3.05, 3.63) is 24.0 Å². The van der Waals surface area contributed by atoms with Gasteiger partial charge in [0.25, 0.3) is 0 Å². The minimum atomic E-state index is -0.770. The zero-order valence-electron chi connectivity index (χ0n) is 8.76. The SMILES string of the molecule is O=C(O)C1CN(c2nc3ccc(F)cc3s2)C1. The van der Waals surface area contributed by atoms with Crippen molar-refractivity contribution in [3.8, 4) is 0 Å². The number of carboxylic acids is 1. The van der Waals surface area contributed by atoms with Crippen LogP contribution in [0.1, 0.15) is 0 Å². The van der Waals surface area contributed by atoms with Crippen molar-refractivity contribution in [1.29, 1.82) is 0 Å². The number of thiazole rings is 1. The second-order valence-electron chi connectivity index (χ2n) is 4.05. The molecule has 0 radical (unpaired) electrons. The first-order chi connectivity index (χ1) is 8.13. The second-order valence-corrected chi connectivity index (χ2v) is 5.06. The van der Waals surface area contributed by atoms with E-state index in [1.165, 1.54) is 23.5 Å². The van der Waals surface area contributed by atoms with Crippen molar-refractivity contribution in [2.75, 3.05) is 18.0 Å². The topological polar surface area (TPSA) is 53.4 Å². The molecule has 2 heterocycles. The molecule has 1 aromatic heterocycles. The van der Waals surface area contributed by atoms with Crippen LogP contribution in [0, 0.1) is 11.7 Å². The molecule has 0 aliphatic carbocycles. The van der Waals surface area contributed by atoms with E-state index in [1.807, 2.05) is 4.90 Å². The van der Waals surface area contributed by atoms with E-state index in [0.717, 1.165) is 15.3 Å². The summed E-state index contributed by atoms with van der Waals surface area (Å²) in [7, 11) is 0. The first-order valence-corrected chi connectivity index (χ1v) is 5.99. The molecule has 0 bridgehead atoms. The third-order valence-corrected chi connectivity index (χ3v) is 3.92. The van der Waals surface area contributed by atoms with Crippen LogP contribution in [0.15, 0.2) is 18.2 Å². The van der Waals surface area contributed by atoms with Crippen LogP contribution < -0.4 is 4.90 Å². The van der Waals surface area contributed by atoms with Gasteiger partial charge in [-0.15, -0.1) is 0 Å². The highest BCUT2D eigenvalue weighted by atomic mass is 32.1. The number of carbonyl (C=O) groups is 1. The van der Waals surface area contributed by atoms with Crippen molar-refractivity contribution >= 4 is 32.7 Å². The predicted molar refractivity (Wildman–Crippen MR) is 62.9 cm³/mol. The molecule has 0 unspecified atom stereocenters. The first-order valence-electron chi connectivity index (χ1n) is 5.17. The summed E-state index contributed by atoms with van der Waals surface area (Å²) in [5, 5.41) is 9.55.